The highest BCUT2D eigenvalue weighted by Crippen LogP contribution is 2.21. The highest BCUT2D eigenvalue weighted by atomic mass is 35.5. The van der Waals surface area contributed by atoms with E-state index >= 15 is 0 Å². The van der Waals surface area contributed by atoms with Crippen molar-refractivity contribution in [1.82, 2.24) is 0 Å². The summed E-state index contributed by atoms with van der Waals surface area (Å²) in [5.41, 5.74) is 2.12. The molecule has 0 bridgehead atoms. The molecule has 1 fully saturated rings. The van der Waals surface area contributed by atoms with Crippen molar-refractivity contribution >= 4 is 11.6 Å². The molecule has 0 spiro atoms. The van der Waals surface area contributed by atoms with Crippen molar-refractivity contribution in [3.05, 3.63) is 29.3 Å². The Balaban J connectivity index is 1.90. The Hall–Kier alpha value is -1.17. The fourth-order valence-corrected chi connectivity index (χ4v) is 2.32. The van der Waals surface area contributed by atoms with Gasteiger partial charge in [0.05, 0.1) is 6.10 Å². The van der Waals surface area contributed by atoms with E-state index in [4.69, 9.17) is 21.1 Å². The molecule has 20 heavy (non-hydrogen) atoms. The van der Waals surface area contributed by atoms with Gasteiger partial charge < -0.3 is 9.47 Å². The van der Waals surface area contributed by atoms with Gasteiger partial charge in [-0.25, -0.2) is 0 Å². The van der Waals surface area contributed by atoms with Crippen molar-refractivity contribution in [3.63, 3.8) is 0 Å². The largest absolute Gasteiger partial charge is 0.491 e. The Bertz CT molecular complexity index is 481. The molecule has 3 heteroatoms. The van der Waals surface area contributed by atoms with Crippen LogP contribution in [0, 0.1) is 18.8 Å². The van der Waals surface area contributed by atoms with Crippen LogP contribution < -0.4 is 4.74 Å². The molecule has 1 aliphatic heterocycles. The molecule has 0 saturated carbocycles. The van der Waals surface area contributed by atoms with Gasteiger partial charge in [-0.2, -0.15) is 0 Å². The topological polar surface area (TPSA) is 18.5 Å². The Labute approximate surface area is 126 Å². The minimum atomic E-state index is 0.242. The first kappa shape index (κ1) is 15.2. The van der Waals surface area contributed by atoms with E-state index in [1.165, 1.54) is 12.8 Å². The molecule has 1 unspecified atom stereocenters. The van der Waals surface area contributed by atoms with E-state index in [-0.39, 0.29) is 6.10 Å². The van der Waals surface area contributed by atoms with Gasteiger partial charge >= 0.3 is 0 Å². The van der Waals surface area contributed by atoms with Crippen LogP contribution in [0.25, 0.3) is 0 Å². The fraction of sp³-hybridized carbons (Fsp3) is 0.529. The SMILES string of the molecule is Cc1cc(C#CCCCl)ccc1OCC1CCCCO1. The van der Waals surface area contributed by atoms with Crippen LogP contribution in [0.15, 0.2) is 18.2 Å². The van der Waals surface area contributed by atoms with E-state index in [0.29, 0.717) is 12.5 Å². The van der Waals surface area contributed by atoms with Crippen LogP contribution in [0.3, 0.4) is 0 Å². The first-order valence-corrected chi connectivity index (χ1v) is 7.73. The second-order valence-electron chi connectivity index (χ2n) is 5.02. The highest BCUT2D eigenvalue weighted by Gasteiger charge is 2.14. The quantitative estimate of drug-likeness (QED) is 0.618. The number of hydrogen-bond donors (Lipinski definition) is 0. The molecule has 2 rings (SSSR count). The van der Waals surface area contributed by atoms with Gasteiger partial charge in [0.1, 0.15) is 12.4 Å². The molecule has 1 saturated heterocycles. The van der Waals surface area contributed by atoms with Gasteiger partial charge in [0.15, 0.2) is 0 Å². The molecule has 0 N–H and O–H groups in total. The summed E-state index contributed by atoms with van der Waals surface area (Å²) in [6.45, 7) is 3.55. The molecule has 0 aromatic heterocycles. The van der Waals surface area contributed by atoms with Crippen molar-refractivity contribution in [1.29, 1.82) is 0 Å². The highest BCUT2D eigenvalue weighted by molar-refractivity contribution is 6.18. The standard InChI is InChI=1S/C17H21ClO2/c1-14-12-15(6-2-4-10-18)8-9-17(14)20-13-16-7-3-5-11-19-16/h8-9,12,16H,3-5,7,10-11,13H2,1H3. The second-order valence-corrected chi connectivity index (χ2v) is 5.40. The average molecular weight is 293 g/mol. The first-order valence-electron chi connectivity index (χ1n) is 7.19. The third-order valence-corrected chi connectivity index (χ3v) is 3.51. The number of alkyl halides is 1. The predicted octanol–water partition coefficient (Wildman–Crippen LogP) is 3.92. The van der Waals surface area contributed by atoms with Gasteiger partial charge in [-0.05, 0) is 49.9 Å². The van der Waals surface area contributed by atoms with Crippen LogP contribution in [-0.2, 0) is 4.74 Å². The number of benzene rings is 1. The number of aryl methyl sites for hydroxylation is 1. The summed E-state index contributed by atoms with van der Waals surface area (Å²) < 4.78 is 11.5. The van der Waals surface area contributed by atoms with Crippen LogP contribution in [0.5, 0.6) is 5.75 Å². The molecule has 0 aliphatic carbocycles. The van der Waals surface area contributed by atoms with E-state index in [1.54, 1.807) is 0 Å². The summed E-state index contributed by atoms with van der Waals surface area (Å²) in [6.07, 6.45) is 4.47. The van der Waals surface area contributed by atoms with E-state index in [0.717, 1.165) is 36.3 Å². The van der Waals surface area contributed by atoms with Crippen molar-refractivity contribution in [2.75, 3.05) is 19.1 Å². The Kier molecular flexibility index (Phi) is 6.24. The van der Waals surface area contributed by atoms with Gasteiger partial charge in [0.2, 0.25) is 0 Å². The molecular formula is C17H21ClO2. The van der Waals surface area contributed by atoms with Gasteiger partial charge in [-0.3, -0.25) is 0 Å². The number of rotatable bonds is 4. The minimum Gasteiger partial charge on any atom is -0.491 e. The Morgan fingerprint density at radius 3 is 3.00 bits per heavy atom. The van der Waals surface area contributed by atoms with Crippen LogP contribution in [-0.4, -0.2) is 25.2 Å². The summed E-state index contributed by atoms with van der Waals surface area (Å²) in [4.78, 5) is 0. The molecule has 1 aromatic rings. The normalized spacial score (nSPS) is 18.2. The lowest BCUT2D eigenvalue weighted by atomic mass is 10.1. The molecule has 1 atom stereocenters. The molecular weight excluding hydrogens is 272 g/mol. The van der Waals surface area contributed by atoms with E-state index < -0.39 is 0 Å². The lowest BCUT2D eigenvalue weighted by Gasteiger charge is -2.23. The van der Waals surface area contributed by atoms with Crippen molar-refractivity contribution < 1.29 is 9.47 Å². The lowest BCUT2D eigenvalue weighted by Crippen LogP contribution is -2.25. The number of ether oxygens (including phenoxy) is 2. The van der Waals surface area contributed by atoms with Crippen LogP contribution in [0.1, 0.15) is 36.8 Å². The second kappa shape index (κ2) is 8.19. The molecule has 0 radical (unpaired) electrons. The fourth-order valence-electron chi connectivity index (χ4n) is 2.22. The van der Waals surface area contributed by atoms with E-state index in [1.807, 2.05) is 19.1 Å². The zero-order valence-electron chi connectivity index (χ0n) is 12.0. The van der Waals surface area contributed by atoms with Gasteiger partial charge in [0.25, 0.3) is 0 Å². The van der Waals surface area contributed by atoms with Crippen molar-refractivity contribution in [2.45, 2.75) is 38.7 Å². The minimum absolute atomic E-state index is 0.242. The maximum absolute atomic E-state index is 5.86. The van der Waals surface area contributed by atoms with Crippen LogP contribution >= 0.6 is 11.6 Å². The summed E-state index contributed by atoms with van der Waals surface area (Å²) in [6, 6.07) is 6.03. The van der Waals surface area contributed by atoms with Crippen molar-refractivity contribution in [3.8, 4) is 17.6 Å². The predicted molar refractivity (Wildman–Crippen MR) is 82.5 cm³/mol. The molecule has 2 nitrogen and oxygen atoms in total. The molecule has 1 aliphatic rings. The molecule has 1 heterocycles. The zero-order chi connectivity index (χ0) is 14.2. The lowest BCUT2D eigenvalue weighted by molar-refractivity contribution is -0.0111. The first-order chi connectivity index (χ1) is 9.79. The van der Waals surface area contributed by atoms with Gasteiger partial charge in [-0.1, -0.05) is 11.8 Å². The molecule has 1 aromatic carbocycles. The zero-order valence-corrected chi connectivity index (χ0v) is 12.7. The maximum atomic E-state index is 5.86. The van der Waals surface area contributed by atoms with E-state index in [2.05, 4.69) is 17.9 Å². The molecule has 0 amide bonds. The Morgan fingerprint density at radius 2 is 2.30 bits per heavy atom. The monoisotopic (exact) mass is 292 g/mol. The number of halogens is 1. The average Bonchev–Trinajstić information content (AvgIpc) is 2.48. The third kappa shape index (κ3) is 4.74. The van der Waals surface area contributed by atoms with Crippen LogP contribution in [0.4, 0.5) is 0 Å². The summed E-state index contributed by atoms with van der Waals surface area (Å²) in [5, 5.41) is 0. The summed E-state index contributed by atoms with van der Waals surface area (Å²) in [5.74, 6) is 7.64. The van der Waals surface area contributed by atoms with Gasteiger partial charge in [0, 0.05) is 24.5 Å². The summed E-state index contributed by atoms with van der Waals surface area (Å²) in [7, 11) is 0. The van der Waals surface area contributed by atoms with Crippen molar-refractivity contribution in [2.24, 2.45) is 0 Å². The summed E-state index contributed by atoms with van der Waals surface area (Å²) >= 11 is 5.60. The van der Waals surface area contributed by atoms with Crippen LogP contribution in [0.2, 0.25) is 0 Å². The maximum Gasteiger partial charge on any atom is 0.122 e. The third-order valence-electron chi connectivity index (χ3n) is 3.33. The number of hydrogen-bond acceptors (Lipinski definition) is 2. The van der Waals surface area contributed by atoms with Gasteiger partial charge in [-0.15, -0.1) is 11.6 Å². The smallest absolute Gasteiger partial charge is 0.122 e. The Morgan fingerprint density at radius 1 is 1.40 bits per heavy atom. The van der Waals surface area contributed by atoms with E-state index in [9.17, 15) is 0 Å². The molecule has 108 valence electrons.